The van der Waals surface area contributed by atoms with Gasteiger partial charge in [0, 0.05) is 32.5 Å². The summed E-state index contributed by atoms with van der Waals surface area (Å²) in [6, 6.07) is 2.97. The average molecular weight is 462 g/mol. The van der Waals surface area contributed by atoms with Crippen LogP contribution < -0.4 is 14.2 Å². The van der Waals surface area contributed by atoms with Crippen LogP contribution in [0.25, 0.3) is 0 Å². The quantitative estimate of drug-likeness (QED) is 0.653. The standard InChI is InChI=1S/C20H25F3N2O7/c1-3-29-14-9-13(10-15(30-4-2)16(14)31-20(21,22)23)11-24-7-5-19(6-8-24)12-25(17(26)27)18(28)32-19/h9-10H,3-8,11-12H2,1-2H3,(H,26,27). The molecular weight excluding hydrogens is 437 g/mol. The Morgan fingerprint density at radius 2 is 1.72 bits per heavy atom. The fraction of sp³-hybridized carbons (Fsp3) is 0.600. The molecule has 178 valence electrons. The van der Waals surface area contributed by atoms with Crippen LogP contribution in [0.4, 0.5) is 22.8 Å². The van der Waals surface area contributed by atoms with E-state index in [4.69, 9.17) is 19.3 Å². The lowest BCUT2D eigenvalue weighted by Crippen LogP contribution is -2.46. The van der Waals surface area contributed by atoms with Gasteiger partial charge < -0.3 is 24.1 Å². The van der Waals surface area contributed by atoms with Crippen LogP contribution in [0.2, 0.25) is 0 Å². The number of carboxylic acid groups (broad SMARTS) is 1. The van der Waals surface area contributed by atoms with Crippen molar-refractivity contribution in [3.8, 4) is 17.2 Å². The van der Waals surface area contributed by atoms with Crippen molar-refractivity contribution in [1.82, 2.24) is 9.80 Å². The van der Waals surface area contributed by atoms with Gasteiger partial charge in [0.1, 0.15) is 5.60 Å². The number of benzene rings is 1. The topological polar surface area (TPSA) is 97.8 Å². The third-order valence-electron chi connectivity index (χ3n) is 5.27. The number of amides is 2. The number of alkyl halides is 3. The van der Waals surface area contributed by atoms with Gasteiger partial charge in [0.2, 0.25) is 5.75 Å². The summed E-state index contributed by atoms with van der Waals surface area (Å²) >= 11 is 0. The molecule has 0 unspecified atom stereocenters. The summed E-state index contributed by atoms with van der Waals surface area (Å²) in [7, 11) is 0. The zero-order chi connectivity index (χ0) is 23.5. The highest BCUT2D eigenvalue weighted by atomic mass is 19.4. The first-order chi connectivity index (χ1) is 15.1. The van der Waals surface area contributed by atoms with E-state index in [-0.39, 0.29) is 31.3 Å². The molecule has 2 saturated heterocycles. The molecule has 0 saturated carbocycles. The zero-order valence-electron chi connectivity index (χ0n) is 17.7. The predicted octanol–water partition coefficient (Wildman–Crippen LogP) is 3.85. The van der Waals surface area contributed by atoms with Gasteiger partial charge in [-0.3, -0.25) is 4.90 Å². The van der Waals surface area contributed by atoms with E-state index in [0.29, 0.717) is 42.9 Å². The van der Waals surface area contributed by atoms with Crippen LogP contribution in [0, 0.1) is 0 Å². The summed E-state index contributed by atoms with van der Waals surface area (Å²) < 4.78 is 58.9. The number of likely N-dealkylation sites (tertiary alicyclic amines) is 1. The normalized spacial score (nSPS) is 18.5. The molecule has 0 atom stereocenters. The third-order valence-corrected chi connectivity index (χ3v) is 5.27. The summed E-state index contributed by atoms with van der Waals surface area (Å²) in [4.78, 5) is 25.6. The maximum Gasteiger partial charge on any atom is 0.573 e. The Balaban J connectivity index is 1.74. The monoisotopic (exact) mass is 462 g/mol. The number of carbonyl (C=O) groups is 2. The predicted molar refractivity (Wildman–Crippen MR) is 104 cm³/mol. The molecule has 2 heterocycles. The van der Waals surface area contributed by atoms with Crippen LogP contribution >= 0.6 is 0 Å². The van der Waals surface area contributed by atoms with Gasteiger partial charge in [0.25, 0.3) is 0 Å². The number of carbonyl (C=O) groups excluding carboxylic acids is 1. The maximum absolute atomic E-state index is 12.9. The van der Waals surface area contributed by atoms with E-state index < -0.39 is 29.9 Å². The van der Waals surface area contributed by atoms with Gasteiger partial charge in [-0.05, 0) is 31.5 Å². The van der Waals surface area contributed by atoms with Gasteiger partial charge in [-0.15, -0.1) is 13.2 Å². The highest BCUT2D eigenvalue weighted by molar-refractivity contribution is 5.88. The number of hydrogen-bond acceptors (Lipinski definition) is 7. The molecule has 9 nitrogen and oxygen atoms in total. The maximum atomic E-state index is 12.9. The lowest BCUT2D eigenvalue weighted by molar-refractivity contribution is -0.275. The van der Waals surface area contributed by atoms with Crippen LogP contribution in [0.15, 0.2) is 12.1 Å². The van der Waals surface area contributed by atoms with E-state index in [1.165, 1.54) is 12.1 Å². The second-order valence-corrected chi connectivity index (χ2v) is 7.53. The van der Waals surface area contributed by atoms with Crippen LogP contribution in [0.3, 0.4) is 0 Å². The van der Waals surface area contributed by atoms with Crippen molar-refractivity contribution >= 4 is 12.2 Å². The molecular formula is C20H25F3N2O7. The van der Waals surface area contributed by atoms with Crippen molar-refractivity contribution in [2.24, 2.45) is 0 Å². The van der Waals surface area contributed by atoms with Gasteiger partial charge in [0.05, 0.1) is 19.8 Å². The molecule has 0 radical (unpaired) electrons. The van der Waals surface area contributed by atoms with Crippen molar-refractivity contribution in [1.29, 1.82) is 0 Å². The first-order valence-corrected chi connectivity index (χ1v) is 10.2. The lowest BCUT2D eigenvalue weighted by atomic mass is 9.91. The lowest BCUT2D eigenvalue weighted by Gasteiger charge is -2.37. The number of ether oxygens (including phenoxy) is 4. The molecule has 1 N–H and O–H groups in total. The van der Waals surface area contributed by atoms with Crippen LogP contribution in [0.5, 0.6) is 17.2 Å². The second kappa shape index (κ2) is 9.31. The molecule has 1 aromatic carbocycles. The van der Waals surface area contributed by atoms with Gasteiger partial charge in [0.15, 0.2) is 11.5 Å². The molecule has 12 heteroatoms. The van der Waals surface area contributed by atoms with Crippen molar-refractivity contribution in [3.05, 3.63) is 17.7 Å². The summed E-state index contributed by atoms with van der Waals surface area (Å²) in [6.45, 7) is 4.98. The minimum atomic E-state index is -4.90. The largest absolute Gasteiger partial charge is 0.573 e. The Kier molecular flexibility index (Phi) is 6.91. The van der Waals surface area contributed by atoms with E-state index in [1.807, 2.05) is 4.90 Å². The Labute approximate surface area is 182 Å². The minimum absolute atomic E-state index is 0.0124. The highest BCUT2D eigenvalue weighted by Crippen LogP contribution is 2.42. The molecule has 0 aliphatic carbocycles. The molecule has 1 aromatic rings. The summed E-state index contributed by atoms with van der Waals surface area (Å²) in [6.07, 6.45) is -6.23. The minimum Gasteiger partial charge on any atom is -0.490 e. The smallest absolute Gasteiger partial charge is 0.490 e. The summed E-state index contributed by atoms with van der Waals surface area (Å²) in [5.74, 6) is -0.656. The van der Waals surface area contributed by atoms with Crippen LogP contribution in [0.1, 0.15) is 32.3 Å². The molecule has 0 bridgehead atoms. The van der Waals surface area contributed by atoms with Crippen LogP contribution in [-0.2, 0) is 11.3 Å². The molecule has 2 fully saturated rings. The van der Waals surface area contributed by atoms with Crippen LogP contribution in [-0.4, -0.2) is 71.9 Å². The zero-order valence-corrected chi connectivity index (χ0v) is 17.7. The van der Waals surface area contributed by atoms with Crippen molar-refractivity contribution in [2.45, 2.75) is 45.2 Å². The molecule has 0 aromatic heterocycles. The molecule has 32 heavy (non-hydrogen) atoms. The van der Waals surface area contributed by atoms with Gasteiger partial charge in [-0.1, -0.05) is 0 Å². The number of nitrogens with zero attached hydrogens (tertiary/aromatic N) is 2. The number of halogens is 3. The Bertz CT molecular complexity index is 827. The molecule has 1 spiro atoms. The molecule has 2 amide bonds. The van der Waals surface area contributed by atoms with Crippen molar-refractivity contribution in [3.63, 3.8) is 0 Å². The van der Waals surface area contributed by atoms with Gasteiger partial charge in [-0.25, -0.2) is 14.5 Å². The molecule has 3 rings (SSSR count). The number of hydrogen-bond donors (Lipinski definition) is 1. The number of imide groups is 1. The van der Waals surface area contributed by atoms with E-state index in [9.17, 15) is 22.8 Å². The molecule has 2 aliphatic heterocycles. The highest BCUT2D eigenvalue weighted by Gasteiger charge is 2.49. The van der Waals surface area contributed by atoms with Gasteiger partial charge >= 0.3 is 18.5 Å². The Hall–Kier alpha value is -2.89. The SMILES string of the molecule is CCOc1cc(CN2CCC3(CC2)CN(C(=O)O)C(=O)O3)cc(OCC)c1OC(F)(F)F. The summed E-state index contributed by atoms with van der Waals surface area (Å²) in [5, 5.41) is 9.09. The third kappa shape index (κ3) is 5.47. The van der Waals surface area contributed by atoms with Crippen molar-refractivity contribution in [2.75, 3.05) is 32.8 Å². The average Bonchev–Trinajstić information content (AvgIpc) is 3.02. The fourth-order valence-electron chi connectivity index (χ4n) is 3.87. The number of piperidine rings is 1. The fourth-order valence-corrected chi connectivity index (χ4v) is 3.87. The van der Waals surface area contributed by atoms with E-state index in [1.54, 1.807) is 13.8 Å². The second-order valence-electron chi connectivity index (χ2n) is 7.53. The van der Waals surface area contributed by atoms with Crippen molar-refractivity contribution < 1.29 is 46.8 Å². The Morgan fingerprint density at radius 1 is 1.16 bits per heavy atom. The molecule has 2 aliphatic rings. The first-order valence-electron chi connectivity index (χ1n) is 10.2. The van der Waals surface area contributed by atoms with E-state index in [2.05, 4.69) is 4.74 Å². The van der Waals surface area contributed by atoms with E-state index in [0.717, 1.165) is 0 Å². The van der Waals surface area contributed by atoms with Gasteiger partial charge in [-0.2, -0.15) is 0 Å². The van der Waals surface area contributed by atoms with E-state index >= 15 is 0 Å². The first kappa shape index (κ1) is 23.8. The Morgan fingerprint density at radius 3 is 2.16 bits per heavy atom. The number of rotatable bonds is 7. The summed E-state index contributed by atoms with van der Waals surface area (Å²) in [5.41, 5.74) is -0.179.